The van der Waals surface area contributed by atoms with Crippen LogP contribution in [0.25, 0.3) is 11.0 Å². The molecule has 1 aliphatic heterocycles. The van der Waals surface area contributed by atoms with Gasteiger partial charge in [-0.2, -0.15) is 0 Å². The Kier molecular flexibility index (Phi) is 5.37. The fourth-order valence-electron chi connectivity index (χ4n) is 3.66. The molecule has 1 fully saturated rings. The summed E-state index contributed by atoms with van der Waals surface area (Å²) in [5.41, 5.74) is 10.8. The number of guanidine groups is 1. The van der Waals surface area contributed by atoms with Crippen LogP contribution in [0.4, 0.5) is 0 Å². The fraction of sp³-hybridized carbons (Fsp3) is 0.364. The summed E-state index contributed by atoms with van der Waals surface area (Å²) in [7, 11) is 0. The number of rotatable bonds is 4. The van der Waals surface area contributed by atoms with Crippen LogP contribution >= 0.6 is 0 Å². The molecule has 27 heavy (non-hydrogen) atoms. The van der Waals surface area contributed by atoms with E-state index in [1.165, 1.54) is 36.8 Å². The van der Waals surface area contributed by atoms with Crippen molar-refractivity contribution in [2.24, 2.45) is 10.7 Å². The standard InChI is InChI=1S/C22H27N5/c23-22(26-13-5-1-2-6-14-26)24-15-18-9-11-19(12-10-18)16-27-17-25-20-7-3-4-8-21(20)27/h3-4,7-12,17H,1-2,5-6,13-16H2,(H2,23,24). The molecule has 0 unspecified atom stereocenters. The van der Waals surface area contributed by atoms with Crippen LogP contribution in [-0.4, -0.2) is 33.5 Å². The van der Waals surface area contributed by atoms with E-state index in [4.69, 9.17) is 5.73 Å². The van der Waals surface area contributed by atoms with Crippen molar-refractivity contribution in [2.75, 3.05) is 13.1 Å². The van der Waals surface area contributed by atoms with Crippen molar-refractivity contribution >= 4 is 17.0 Å². The molecule has 2 aromatic carbocycles. The molecule has 3 aromatic rings. The van der Waals surface area contributed by atoms with E-state index >= 15 is 0 Å². The van der Waals surface area contributed by atoms with Gasteiger partial charge in [0, 0.05) is 19.6 Å². The predicted molar refractivity (Wildman–Crippen MR) is 111 cm³/mol. The highest BCUT2D eigenvalue weighted by molar-refractivity contribution is 5.78. The maximum absolute atomic E-state index is 6.20. The number of hydrogen-bond acceptors (Lipinski definition) is 2. The first kappa shape index (κ1) is 17.6. The average Bonchev–Trinajstić information content (AvgIpc) is 2.92. The molecule has 0 atom stereocenters. The Hall–Kier alpha value is -2.82. The number of aromatic nitrogens is 2. The second-order valence-corrected chi connectivity index (χ2v) is 7.25. The third-order valence-electron chi connectivity index (χ3n) is 5.26. The molecule has 140 valence electrons. The van der Waals surface area contributed by atoms with Gasteiger partial charge in [-0.3, -0.25) is 0 Å². The minimum Gasteiger partial charge on any atom is -0.370 e. The Morgan fingerprint density at radius 3 is 2.41 bits per heavy atom. The second-order valence-electron chi connectivity index (χ2n) is 7.25. The monoisotopic (exact) mass is 361 g/mol. The summed E-state index contributed by atoms with van der Waals surface area (Å²) in [5.74, 6) is 0.686. The van der Waals surface area contributed by atoms with Crippen LogP contribution in [-0.2, 0) is 13.1 Å². The first-order chi connectivity index (χ1) is 13.3. The molecule has 0 radical (unpaired) electrons. The number of imidazole rings is 1. The highest BCUT2D eigenvalue weighted by Crippen LogP contribution is 2.15. The Bertz CT molecular complexity index is 902. The summed E-state index contributed by atoms with van der Waals surface area (Å²) in [5, 5.41) is 0. The van der Waals surface area contributed by atoms with Crippen molar-refractivity contribution in [1.29, 1.82) is 0 Å². The van der Waals surface area contributed by atoms with Crippen LogP contribution in [0, 0.1) is 0 Å². The molecule has 5 nitrogen and oxygen atoms in total. The summed E-state index contributed by atoms with van der Waals surface area (Å²) in [6.07, 6.45) is 6.95. The van der Waals surface area contributed by atoms with Crippen molar-refractivity contribution < 1.29 is 0 Å². The highest BCUT2D eigenvalue weighted by Gasteiger charge is 2.10. The van der Waals surface area contributed by atoms with E-state index in [2.05, 4.69) is 55.8 Å². The minimum atomic E-state index is 0.636. The van der Waals surface area contributed by atoms with Crippen LogP contribution < -0.4 is 5.73 Å². The first-order valence-corrected chi connectivity index (χ1v) is 9.82. The number of nitrogens with two attached hydrogens (primary N) is 1. The van der Waals surface area contributed by atoms with Gasteiger partial charge in [-0.25, -0.2) is 9.98 Å². The van der Waals surface area contributed by atoms with Crippen LogP contribution in [0.3, 0.4) is 0 Å². The smallest absolute Gasteiger partial charge is 0.191 e. The molecule has 1 aromatic heterocycles. The number of hydrogen-bond donors (Lipinski definition) is 1. The molecule has 1 aliphatic rings. The summed E-state index contributed by atoms with van der Waals surface area (Å²) < 4.78 is 2.18. The van der Waals surface area contributed by atoms with Gasteiger partial charge in [0.05, 0.1) is 23.9 Å². The van der Waals surface area contributed by atoms with Crippen molar-refractivity contribution in [3.05, 3.63) is 66.0 Å². The summed E-state index contributed by atoms with van der Waals surface area (Å²) in [6, 6.07) is 16.9. The average molecular weight is 361 g/mol. The predicted octanol–water partition coefficient (Wildman–Crippen LogP) is 3.78. The first-order valence-electron chi connectivity index (χ1n) is 9.82. The van der Waals surface area contributed by atoms with Gasteiger partial charge in [-0.05, 0) is 36.1 Å². The topological polar surface area (TPSA) is 59.4 Å². The Balaban J connectivity index is 1.39. The SMILES string of the molecule is NC(=NCc1ccc(Cn2cnc3ccccc32)cc1)N1CCCCCC1. The molecule has 2 heterocycles. The molecule has 0 bridgehead atoms. The third-order valence-corrected chi connectivity index (χ3v) is 5.26. The van der Waals surface area contributed by atoms with Gasteiger partial charge in [0.25, 0.3) is 0 Å². The van der Waals surface area contributed by atoms with Crippen LogP contribution in [0.15, 0.2) is 59.9 Å². The molecule has 0 spiro atoms. The van der Waals surface area contributed by atoms with E-state index in [0.29, 0.717) is 12.5 Å². The van der Waals surface area contributed by atoms with Crippen molar-refractivity contribution in [1.82, 2.24) is 14.5 Å². The van der Waals surface area contributed by atoms with Gasteiger partial charge in [0.2, 0.25) is 0 Å². The number of fused-ring (bicyclic) bond motifs is 1. The Morgan fingerprint density at radius 2 is 1.63 bits per heavy atom. The second kappa shape index (κ2) is 8.25. The molecule has 0 saturated carbocycles. The van der Waals surface area contributed by atoms with Gasteiger partial charge in [-0.15, -0.1) is 0 Å². The van der Waals surface area contributed by atoms with Crippen molar-refractivity contribution in [2.45, 2.75) is 38.8 Å². The summed E-state index contributed by atoms with van der Waals surface area (Å²) in [4.78, 5) is 11.3. The summed E-state index contributed by atoms with van der Waals surface area (Å²) in [6.45, 7) is 3.52. The van der Waals surface area contributed by atoms with E-state index in [1.807, 2.05) is 18.5 Å². The number of para-hydroxylation sites is 2. The lowest BCUT2D eigenvalue weighted by atomic mass is 10.1. The van der Waals surface area contributed by atoms with Gasteiger partial charge < -0.3 is 15.2 Å². The summed E-state index contributed by atoms with van der Waals surface area (Å²) >= 11 is 0. The lowest BCUT2D eigenvalue weighted by Crippen LogP contribution is -2.38. The highest BCUT2D eigenvalue weighted by atomic mass is 15.2. The zero-order valence-corrected chi connectivity index (χ0v) is 15.7. The number of likely N-dealkylation sites (tertiary alicyclic amines) is 1. The van der Waals surface area contributed by atoms with Crippen LogP contribution in [0.5, 0.6) is 0 Å². The van der Waals surface area contributed by atoms with E-state index in [-0.39, 0.29) is 0 Å². The number of aliphatic imine (C=N–C) groups is 1. The zero-order valence-electron chi connectivity index (χ0n) is 15.7. The Labute approximate surface area is 160 Å². The van der Waals surface area contributed by atoms with E-state index in [1.54, 1.807) is 0 Å². The number of nitrogens with zero attached hydrogens (tertiary/aromatic N) is 4. The minimum absolute atomic E-state index is 0.636. The molecule has 0 aliphatic carbocycles. The van der Waals surface area contributed by atoms with Gasteiger partial charge in [-0.1, -0.05) is 49.2 Å². The molecular weight excluding hydrogens is 334 g/mol. The van der Waals surface area contributed by atoms with E-state index in [9.17, 15) is 0 Å². The normalized spacial score (nSPS) is 15.9. The molecule has 2 N–H and O–H groups in total. The molecular formula is C22H27N5. The van der Waals surface area contributed by atoms with Crippen LogP contribution in [0.2, 0.25) is 0 Å². The Morgan fingerprint density at radius 1 is 0.926 bits per heavy atom. The largest absolute Gasteiger partial charge is 0.370 e. The third kappa shape index (κ3) is 4.30. The maximum atomic E-state index is 6.20. The molecule has 5 heteroatoms. The quantitative estimate of drug-likeness (QED) is 0.568. The lowest BCUT2D eigenvalue weighted by Gasteiger charge is -2.21. The zero-order chi connectivity index (χ0) is 18.5. The van der Waals surface area contributed by atoms with E-state index in [0.717, 1.165) is 30.7 Å². The van der Waals surface area contributed by atoms with Crippen molar-refractivity contribution in [3.8, 4) is 0 Å². The number of benzene rings is 2. The van der Waals surface area contributed by atoms with E-state index < -0.39 is 0 Å². The van der Waals surface area contributed by atoms with Crippen LogP contribution in [0.1, 0.15) is 36.8 Å². The molecule has 1 saturated heterocycles. The van der Waals surface area contributed by atoms with Gasteiger partial charge in [0.1, 0.15) is 0 Å². The maximum Gasteiger partial charge on any atom is 0.191 e. The van der Waals surface area contributed by atoms with Gasteiger partial charge >= 0.3 is 0 Å². The molecule has 4 rings (SSSR count). The molecule has 0 amide bonds. The lowest BCUT2D eigenvalue weighted by molar-refractivity contribution is 0.428. The van der Waals surface area contributed by atoms with Gasteiger partial charge in [0.15, 0.2) is 5.96 Å². The fourth-order valence-corrected chi connectivity index (χ4v) is 3.66. The van der Waals surface area contributed by atoms with Crippen molar-refractivity contribution in [3.63, 3.8) is 0 Å².